The van der Waals surface area contributed by atoms with Gasteiger partial charge in [-0.05, 0) is 75.3 Å². The molecule has 0 aliphatic carbocycles. The number of thioether (sulfide) groups is 1. The molecule has 0 radical (unpaired) electrons. The van der Waals surface area contributed by atoms with Crippen molar-refractivity contribution in [3.63, 3.8) is 0 Å². The molecule has 1 aliphatic heterocycles. The van der Waals surface area contributed by atoms with Gasteiger partial charge in [0.15, 0.2) is 0 Å². The van der Waals surface area contributed by atoms with E-state index in [9.17, 15) is 0 Å². The lowest BCUT2D eigenvalue weighted by Gasteiger charge is -2.21. The molecule has 0 saturated carbocycles. The lowest BCUT2D eigenvalue weighted by molar-refractivity contribution is 0.474. The molecule has 100 valence electrons. The average molecular weight is 264 g/mol. The molecule has 3 heteroatoms. The Morgan fingerprint density at radius 2 is 2.22 bits per heavy atom. The maximum Gasteiger partial charge on any atom is 0.0426 e. The van der Waals surface area contributed by atoms with E-state index in [1.807, 2.05) is 0 Å². The minimum Gasteiger partial charge on any atom is -0.310 e. The molecule has 2 nitrogen and oxygen atoms in total. The minimum absolute atomic E-state index is 0.406. The summed E-state index contributed by atoms with van der Waals surface area (Å²) in [6.45, 7) is 9.78. The van der Waals surface area contributed by atoms with Gasteiger partial charge in [0.2, 0.25) is 0 Å². The van der Waals surface area contributed by atoms with Crippen molar-refractivity contribution in [1.29, 1.82) is 0 Å². The summed E-state index contributed by atoms with van der Waals surface area (Å²) in [5.41, 5.74) is 5.04. The van der Waals surface area contributed by atoms with Crippen LogP contribution in [-0.4, -0.2) is 23.0 Å². The molecule has 2 unspecified atom stereocenters. The fourth-order valence-corrected chi connectivity index (χ4v) is 4.16. The van der Waals surface area contributed by atoms with Crippen molar-refractivity contribution in [2.45, 2.75) is 40.2 Å². The van der Waals surface area contributed by atoms with Crippen LogP contribution in [0.1, 0.15) is 41.9 Å². The van der Waals surface area contributed by atoms with E-state index < -0.39 is 0 Å². The lowest BCUT2D eigenvalue weighted by Crippen LogP contribution is -2.27. The predicted molar refractivity (Wildman–Crippen MR) is 80.3 cm³/mol. The number of pyridine rings is 1. The molecule has 1 aromatic heterocycles. The molecular weight excluding hydrogens is 240 g/mol. The molecule has 0 bridgehead atoms. The maximum atomic E-state index is 4.59. The Hall–Kier alpha value is -0.540. The van der Waals surface area contributed by atoms with E-state index >= 15 is 0 Å². The van der Waals surface area contributed by atoms with Gasteiger partial charge < -0.3 is 5.32 Å². The van der Waals surface area contributed by atoms with Gasteiger partial charge in [-0.25, -0.2) is 0 Å². The Labute approximate surface area is 115 Å². The van der Waals surface area contributed by atoms with Crippen LogP contribution < -0.4 is 5.32 Å². The van der Waals surface area contributed by atoms with Gasteiger partial charge in [-0.3, -0.25) is 4.98 Å². The Bertz CT molecular complexity index is 388. The molecule has 1 N–H and O–H groups in total. The summed E-state index contributed by atoms with van der Waals surface area (Å²) in [6.07, 6.45) is 1.37. The normalized spacial score (nSPS) is 21.2. The summed E-state index contributed by atoms with van der Waals surface area (Å²) < 4.78 is 0. The first-order valence-electron chi connectivity index (χ1n) is 6.83. The van der Waals surface area contributed by atoms with Crippen molar-refractivity contribution in [3.05, 3.63) is 28.6 Å². The fraction of sp³-hybridized carbons (Fsp3) is 0.667. The van der Waals surface area contributed by atoms with Gasteiger partial charge in [0.1, 0.15) is 0 Å². The Morgan fingerprint density at radius 1 is 1.44 bits per heavy atom. The van der Waals surface area contributed by atoms with Gasteiger partial charge in [-0.15, -0.1) is 0 Å². The number of nitrogens with one attached hydrogen (secondary N) is 1. The van der Waals surface area contributed by atoms with E-state index in [1.54, 1.807) is 0 Å². The molecule has 1 saturated heterocycles. The standard InChI is InChI=1S/C15H24N2S/c1-10-7-11(2)17-13(4)15(10)12(3)16-8-14-5-6-18-9-14/h7,12,14,16H,5-6,8-9H2,1-4H3. The first kappa shape index (κ1) is 13.9. The molecule has 1 aliphatic rings. The van der Waals surface area contributed by atoms with Crippen LogP contribution in [0.4, 0.5) is 0 Å². The number of nitrogens with zero attached hydrogens (tertiary/aromatic N) is 1. The van der Waals surface area contributed by atoms with Crippen molar-refractivity contribution in [3.8, 4) is 0 Å². The second-order valence-electron chi connectivity index (χ2n) is 5.44. The first-order valence-corrected chi connectivity index (χ1v) is 7.99. The van der Waals surface area contributed by atoms with Crippen LogP contribution in [0.5, 0.6) is 0 Å². The zero-order valence-electron chi connectivity index (χ0n) is 11.9. The Kier molecular flexibility index (Phi) is 4.68. The van der Waals surface area contributed by atoms with Crippen LogP contribution in [0.25, 0.3) is 0 Å². The van der Waals surface area contributed by atoms with Crippen LogP contribution >= 0.6 is 11.8 Å². The van der Waals surface area contributed by atoms with Crippen molar-refractivity contribution < 1.29 is 0 Å². The maximum absolute atomic E-state index is 4.59. The number of hydrogen-bond donors (Lipinski definition) is 1. The quantitative estimate of drug-likeness (QED) is 0.902. The molecule has 1 fully saturated rings. The smallest absolute Gasteiger partial charge is 0.0426 e. The van der Waals surface area contributed by atoms with Crippen molar-refractivity contribution in [1.82, 2.24) is 10.3 Å². The van der Waals surface area contributed by atoms with Crippen LogP contribution in [-0.2, 0) is 0 Å². The van der Waals surface area contributed by atoms with Crippen molar-refractivity contribution >= 4 is 11.8 Å². The predicted octanol–water partition coefficient (Wildman–Crippen LogP) is 3.41. The van der Waals surface area contributed by atoms with Gasteiger partial charge in [-0.1, -0.05) is 0 Å². The summed E-state index contributed by atoms with van der Waals surface area (Å²) in [5.74, 6) is 3.52. The van der Waals surface area contributed by atoms with Gasteiger partial charge >= 0.3 is 0 Å². The first-order chi connectivity index (χ1) is 8.58. The van der Waals surface area contributed by atoms with Gasteiger partial charge in [0.05, 0.1) is 0 Å². The second kappa shape index (κ2) is 6.07. The van der Waals surface area contributed by atoms with Gasteiger partial charge in [-0.2, -0.15) is 11.8 Å². The molecule has 2 atom stereocenters. The van der Waals surface area contributed by atoms with Crippen molar-refractivity contribution in [2.75, 3.05) is 18.1 Å². The number of rotatable bonds is 4. The topological polar surface area (TPSA) is 24.9 Å². The summed E-state index contributed by atoms with van der Waals surface area (Å²) in [5, 5.41) is 3.69. The van der Waals surface area contributed by atoms with Crippen molar-refractivity contribution in [2.24, 2.45) is 5.92 Å². The Morgan fingerprint density at radius 3 is 2.83 bits per heavy atom. The third kappa shape index (κ3) is 3.27. The van der Waals surface area contributed by atoms with Gasteiger partial charge in [0, 0.05) is 17.4 Å². The van der Waals surface area contributed by atoms with E-state index in [-0.39, 0.29) is 0 Å². The van der Waals surface area contributed by atoms with Crippen LogP contribution in [0, 0.1) is 26.7 Å². The Balaban J connectivity index is 2.01. The van der Waals surface area contributed by atoms with Crippen LogP contribution in [0.15, 0.2) is 6.07 Å². The molecule has 0 spiro atoms. The third-order valence-corrected chi connectivity index (χ3v) is 4.99. The lowest BCUT2D eigenvalue weighted by atomic mass is 9.99. The number of hydrogen-bond acceptors (Lipinski definition) is 3. The highest BCUT2D eigenvalue weighted by molar-refractivity contribution is 7.99. The van der Waals surface area contributed by atoms with E-state index in [2.05, 4.69) is 55.8 Å². The summed E-state index contributed by atoms with van der Waals surface area (Å²) in [4.78, 5) is 4.59. The highest BCUT2D eigenvalue weighted by Crippen LogP contribution is 2.25. The molecular formula is C15H24N2S. The molecule has 18 heavy (non-hydrogen) atoms. The van der Waals surface area contributed by atoms with E-state index in [4.69, 9.17) is 0 Å². The van der Waals surface area contributed by atoms with Gasteiger partial charge in [0.25, 0.3) is 0 Å². The van der Waals surface area contributed by atoms with E-state index in [0.717, 1.165) is 18.2 Å². The second-order valence-corrected chi connectivity index (χ2v) is 6.59. The highest BCUT2D eigenvalue weighted by atomic mass is 32.2. The summed E-state index contributed by atoms with van der Waals surface area (Å²) >= 11 is 2.09. The summed E-state index contributed by atoms with van der Waals surface area (Å²) in [6, 6.07) is 2.59. The molecule has 0 aromatic carbocycles. The van der Waals surface area contributed by atoms with Crippen LogP contribution in [0.3, 0.4) is 0 Å². The molecule has 2 rings (SSSR count). The SMILES string of the molecule is Cc1cc(C)c(C(C)NCC2CCSC2)c(C)n1. The molecule has 1 aromatic rings. The summed E-state index contributed by atoms with van der Waals surface area (Å²) in [7, 11) is 0. The minimum atomic E-state index is 0.406. The highest BCUT2D eigenvalue weighted by Gasteiger charge is 2.18. The third-order valence-electron chi connectivity index (χ3n) is 3.75. The molecule has 2 heterocycles. The zero-order chi connectivity index (χ0) is 13.1. The average Bonchev–Trinajstić information content (AvgIpc) is 2.77. The monoisotopic (exact) mass is 264 g/mol. The van der Waals surface area contributed by atoms with E-state index in [1.165, 1.54) is 34.7 Å². The number of aromatic nitrogens is 1. The zero-order valence-corrected chi connectivity index (χ0v) is 12.7. The number of aryl methyl sites for hydroxylation is 3. The van der Waals surface area contributed by atoms with Crippen LogP contribution in [0.2, 0.25) is 0 Å². The molecule has 0 amide bonds. The fourth-order valence-electron chi connectivity index (χ4n) is 2.88. The van der Waals surface area contributed by atoms with E-state index in [0.29, 0.717) is 6.04 Å². The largest absolute Gasteiger partial charge is 0.310 e.